The number of aromatic amines is 2. The molecule has 4 heterocycles. The first-order valence-electron chi connectivity index (χ1n) is 10.8. The van der Waals surface area contributed by atoms with E-state index in [1.807, 2.05) is 30.6 Å². The lowest BCUT2D eigenvalue weighted by atomic mass is 9.91. The number of nitrogens with zero attached hydrogens (tertiary/aromatic N) is 3. The average Bonchev–Trinajstić information content (AvgIpc) is 3.45. The molecule has 2 N–H and O–H groups in total. The van der Waals surface area contributed by atoms with E-state index in [1.54, 1.807) is 0 Å². The second kappa shape index (κ2) is 7.20. The Bertz CT molecular complexity index is 1390. The van der Waals surface area contributed by atoms with Crippen molar-refractivity contribution in [1.29, 1.82) is 0 Å². The van der Waals surface area contributed by atoms with Crippen LogP contribution in [0, 0.1) is 6.92 Å². The summed E-state index contributed by atoms with van der Waals surface area (Å²) in [6, 6.07) is 16.5. The lowest BCUT2D eigenvalue weighted by molar-refractivity contribution is 0.688. The second-order valence-electron chi connectivity index (χ2n) is 8.28. The minimum atomic E-state index is 0.882. The van der Waals surface area contributed by atoms with Crippen molar-refractivity contribution in [2.75, 3.05) is 0 Å². The van der Waals surface area contributed by atoms with Crippen LogP contribution >= 0.6 is 0 Å². The molecule has 6 rings (SSSR count). The number of aryl methyl sites for hydroxylation is 1. The summed E-state index contributed by atoms with van der Waals surface area (Å²) < 4.78 is 0. The summed E-state index contributed by atoms with van der Waals surface area (Å²) in [5, 5.41) is 9.91. The Labute approximate surface area is 180 Å². The fourth-order valence-electron chi connectivity index (χ4n) is 4.77. The van der Waals surface area contributed by atoms with Crippen LogP contribution in [0.1, 0.15) is 29.7 Å². The SMILES string of the molecule is Cc1[nH]c(-c2cc3ccncc3c(-c3cc(-c4ccccc4)n[nH]3)n2)c2c1CCCC2. The van der Waals surface area contributed by atoms with E-state index in [-0.39, 0.29) is 0 Å². The normalized spacial score (nSPS) is 13.5. The molecule has 1 aliphatic rings. The molecule has 5 aromatic rings. The fourth-order valence-corrected chi connectivity index (χ4v) is 4.77. The molecule has 0 radical (unpaired) electrons. The highest BCUT2D eigenvalue weighted by atomic mass is 15.1. The number of H-pyrrole nitrogens is 2. The molecule has 0 aliphatic heterocycles. The topological polar surface area (TPSA) is 70.2 Å². The molecule has 0 bridgehead atoms. The quantitative estimate of drug-likeness (QED) is 0.394. The van der Waals surface area contributed by atoms with Crippen LogP contribution in [-0.2, 0) is 12.8 Å². The van der Waals surface area contributed by atoms with E-state index in [0.717, 1.165) is 57.6 Å². The summed E-state index contributed by atoms with van der Waals surface area (Å²) in [6.45, 7) is 2.18. The van der Waals surface area contributed by atoms with E-state index in [4.69, 9.17) is 4.98 Å². The number of pyridine rings is 2. The highest BCUT2D eigenvalue weighted by Crippen LogP contribution is 2.36. The largest absolute Gasteiger partial charge is 0.357 e. The predicted octanol–water partition coefficient (Wildman–Crippen LogP) is 5.87. The van der Waals surface area contributed by atoms with Gasteiger partial charge < -0.3 is 4.98 Å². The Morgan fingerprint density at radius 1 is 0.903 bits per heavy atom. The first-order chi connectivity index (χ1) is 15.3. The van der Waals surface area contributed by atoms with Crippen LogP contribution in [0.15, 0.2) is 60.9 Å². The van der Waals surface area contributed by atoms with Crippen molar-refractivity contribution in [3.8, 4) is 34.0 Å². The van der Waals surface area contributed by atoms with Gasteiger partial charge in [-0.2, -0.15) is 5.10 Å². The predicted molar refractivity (Wildman–Crippen MR) is 124 cm³/mol. The first kappa shape index (κ1) is 18.1. The molecule has 0 fully saturated rings. The zero-order valence-corrected chi connectivity index (χ0v) is 17.4. The third-order valence-corrected chi connectivity index (χ3v) is 6.33. The van der Waals surface area contributed by atoms with Gasteiger partial charge >= 0.3 is 0 Å². The molecule has 1 aliphatic carbocycles. The summed E-state index contributed by atoms with van der Waals surface area (Å²) >= 11 is 0. The number of rotatable bonds is 3. The Morgan fingerprint density at radius 2 is 1.74 bits per heavy atom. The van der Waals surface area contributed by atoms with Crippen LogP contribution in [0.25, 0.3) is 44.8 Å². The van der Waals surface area contributed by atoms with Gasteiger partial charge in [-0.15, -0.1) is 0 Å². The molecule has 0 atom stereocenters. The number of nitrogens with one attached hydrogen (secondary N) is 2. The molecule has 1 aromatic carbocycles. The Hall–Kier alpha value is -3.73. The number of aromatic nitrogens is 5. The van der Waals surface area contributed by atoms with Gasteiger partial charge in [0.05, 0.1) is 28.5 Å². The lowest BCUT2D eigenvalue weighted by Crippen LogP contribution is -2.02. The average molecular weight is 406 g/mol. The van der Waals surface area contributed by atoms with E-state index in [2.05, 4.69) is 57.4 Å². The van der Waals surface area contributed by atoms with Gasteiger partial charge in [-0.1, -0.05) is 30.3 Å². The van der Waals surface area contributed by atoms with E-state index in [1.165, 1.54) is 29.7 Å². The van der Waals surface area contributed by atoms with Gasteiger partial charge in [-0.05, 0) is 67.3 Å². The third-order valence-electron chi connectivity index (χ3n) is 6.33. The second-order valence-corrected chi connectivity index (χ2v) is 8.28. The number of hydrogen-bond acceptors (Lipinski definition) is 3. The third kappa shape index (κ3) is 3.05. The summed E-state index contributed by atoms with van der Waals surface area (Å²) in [6.07, 6.45) is 8.51. The first-order valence-corrected chi connectivity index (χ1v) is 10.8. The van der Waals surface area contributed by atoms with Gasteiger partial charge in [0.25, 0.3) is 0 Å². The highest BCUT2D eigenvalue weighted by molar-refractivity contribution is 5.96. The molecular formula is C26H23N5. The van der Waals surface area contributed by atoms with Crippen molar-refractivity contribution in [1.82, 2.24) is 25.1 Å². The Balaban J connectivity index is 1.54. The minimum absolute atomic E-state index is 0.882. The molecule has 0 amide bonds. The number of benzene rings is 1. The molecule has 152 valence electrons. The van der Waals surface area contributed by atoms with E-state index < -0.39 is 0 Å². The van der Waals surface area contributed by atoms with Crippen molar-refractivity contribution in [2.45, 2.75) is 32.6 Å². The van der Waals surface area contributed by atoms with Gasteiger partial charge in [0.1, 0.15) is 0 Å². The Morgan fingerprint density at radius 3 is 2.61 bits per heavy atom. The lowest BCUT2D eigenvalue weighted by Gasteiger charge is -2.14. The van der Waals surface area contributed by atoms with Gasteiger partial charge in [0, 0.05) is 29.0 Å². The monoisotopic (exact) mass is 405 g/mol. The van der Waals surface area contributed by atoms with Crippen LogP contribution in [0.3, 0.4) is 0 Å². The van der Waals surface area contributed by atoms with Crippen molar-refractivity contribution >= 4 is 10.8 Å². The molecule has 5 nitrogen and oxygen atoms in total. The standard InChI is InChI=1S/C26H23N5/c1-16-19-9-5-6-10-20(19)25(28-16)23-13-18-11-12-27-15-21(18)26(29-23)24-14-22(30-31-24)17-7-3-2-4-8-17/h2-4,7-8,11-15,28H,5-6,9-10H2,1H3,(H,30,31). The molecule has 0 unspecified atom stereocenters. The molecule has 4 aromatic heterocycles. The van der Waals surface area contributed by atoms with E-state index in [9.17, 15) is 0 Å². The molecule has 0 saturated heterocycles. The van der Waals surface area contributed by atoms with Crippen molar-refractivity contribution < 1.29 is 0 Å². The summed E-state index contributed by atoms with van der Waals surface area (Å²) in [5.41, 5.74) is 10.1. The summed E-state index contributed by atoms with van der Waals surface area (Å²) in [5.74, 6) is 0. The molecule has 31 heavy (non-hydrogen) atoms. The van der Waals surface area contributed by atoms with Crippen molar-refractivity contribution in [2.24, 2.45) is 0 Å². The van der Waals surface area contributed by atoms with Crippen LogP contribution in [0.4, 0.5) is 0 Å². The maximum Gasteiger partial charge on any atom is 0.0982 e. The zero-order valence-electron chi connectivity index (χ0n) is 17.4. The molecular weight excluding hydrogens is 382 g/mol. The highest BCUT2D eigenvalue weighted by Gasteiger charge is 2.21. The van der Waals surface area contributed by atoms with Crippen LogP contribution in [0.5, 0.6) is 0 Å². The smallest absolute Gasteiger partial charge is 0.0982 e. The molecule has 0 spiro atoms. The van der Waals surface area contributed by atoms with Crippen LogP contribution < -0.4 is 0 Å². The van der Waals surface area contributed by atoms with Gasteiger partial charge in [0.2, 0.25) is 0 Å². The van der Waals surface area contributed by atoms with Gasteiger partial charge in [0.15, 0.2) is 0 Å². The maximum atomic E-state index is 5.13. The maximum absolute atomic E-state index is 5.13. The molecule has 0 saturated carbocycles. The van der Waals surface area contributed by atoms with Crippen molar-refractivity contribution in [3.05, 3.63) is 77.7 Å². The fraction of sp³-hybridized carbons (Fsp3) is 0.192. The van der Waals surface area contributed by atoms with Gasteiger partial charge in [-0.25, -0.2) is 4.98 Å². The minimum Gasteiger partial charge on any atom is -0.357 e. The van der Waals surface area contributed by atoms with Crippen molar-refractivity contribution in [3.63, 3.8) is 0 Å². The Kier molecular flexibility index (Phi) is 4.20. The zero-order chi connectivity index (χ0) is 20.8. The number of hydrogen-bond donors (Lipinski definition) is 2. The summed E-state index contributed by atoms with van der Waals surface area (Å²) in [4.78, 5) is 13.1. The van der Waals surface area contributed by atoms with Gasteiger partial charge in [-0.3, -0.25) is 10.1 Å². The molecule has 5 heteroatoms. The van der Waals surface area contributed by atoms with E-state index >= 15 is 0 Å². The summed E-state index contributed by atoms with van der Waals surface area (Å²) in [7, 11) is 0. The number of fused-ring (bicyclic) bond motifs is 2. The van der Waals surface area contributed by atoms with Crippen LogP contribution in [-0.4, -0.2) is 25.1 Å². The van der Waals surface area contributed by atoms with Crippen LogP contribution in [0.2, 0.25) is 0 Å². The van der Waals surface area contributed by atoms with E-state index in [0.29, 0.717) is 0 Å².